The van der Waals surface area contributed by atoms with E-state index in [1.807, 2.05) is 27.7 Å². The maximum Gasteiger partial charge on any atom is 0.221 e. The van der Waals surface area contributed by atoms with Gasteiger partial charge < -0.3 is 15.7 Å². The highest BCUT2D eigenvalue weighted by molar-refractivity contribution is 5.76. The first kappa shape index (κ1) is 16.4. The molecule has 1 unspecified atom stereocenters. The molecular weight excluding hydrogens is 259 g/mol. The van der Waals surface area contributed by atoms with E-state index in [1.54, 1.807) is 0 Å². The summed E-state index contributed by atoms with van der Waals surface area (Å²) in [5.74, 6) is -0.386. The zero-order chi connectivity index (χ0) is 15.3. The minimum Gasteiger partial charge on any atom is -0.508 e. The Bertz CT molecular complexity index is 469. The summed E-state index contributed by atoms with van der Waals surface area (Å²) in [7, 11) is 0. The highest BCUT2D eigenvalue weighted by Gasteiger charge is 2.15. The summed E-state index contributed by atoms with van der Waals surface area (Å²) >= 11 is 0. The van der Waals surface area contributed by atoms with E-state index >= 15 is 0 Å². The highest BCUT2D eigenvalue weighted by atomic mass is 19.1. The number of benzene rings is 1. The SMILES string of the molecule is CC(NCCC(=O)NC(C)(C)C)c1cc(F)ccc1O. The Morgan fingerprint density at radius 1 is 1.40 bits per heavy atom. The molecule has 1 atom stereocenters. The first-order valence-electron chi connectivity index (χ1n) is 6.72. The number of carbonyl (C=O) groups excluding carboxylic acids is 1. The minimum atomic E-state index is -0.392. The van der Waals surface area contributed by atoms with Crippen LogP contribution in [-0.2, 0) is 4.79 Å². The molecule has 0 aliphatic heterocycles. The van der Waals surface area contributed by atoms with Gasteiger partial charge in [-0.2, -0.15) is 0 Å². The van der Waals surface area contributed by atoms with E-state index in [9.17, 15) is 14.3 Å². The Morgan fingerprint density at radius 3 is 2.65 bits per heavy atom. The molecule has 1 aromatic rings. The summed E-state index contributed by atoms with van der Waals surface area (Å²) in [6.07, 6.45) is 0.331. The number of carbonyl (C=O) groups is 1. The Morgan fingerprint density at radius 2 is 2.05 bits per heavy atom. The fourth-order valence-electron chi connectivity index (χ4n) is 1.87. The summed E-state index contributed by atoms with van der Waals surface area (Å²) in [5, 5.41) is 15.6. The van der Waals surface area contributed by atoms with Crippen molar-refractivity contribution in [3.05, 3.63) is 29.6 Å². The number of rotatable bonds is 5. The third-order valence-corrected chi connectivity index (χ3v) is 2.77. The van der Waals surface area contributed by atoms with E-state index in [0.29, 0.717) is 18.5 Å². The van der Waals surface area contributed by atoms with Crippen LogP contribution in [0, 0.1) is 5.82 Å². The Hall–Kier alpha value is -1.62. The molecule has 0 aliphatic carbocycles. The quantitative estimate of drug-likeness (QED) is 0.777. The zero-order valence-electron chi connectivity index (χ0n) is 12.5. The lowest BCUT2D eigenvalue weighted by Gasteiger charge is -2.21. The largest absolute Gasteiger partial charge is 0.508 e. The second kappa shape index (κ2) is 6.70. The minimum absolute atomic E-state index is 0.0411. The Kier molecular flexibility index (Phi) is 5.51. The molecule has 112 valence electrons. The number of phenolic OH excluding ortho intramolecular Hbond substituents is 1. The predicted molar refractivity (Wildman–Crippen MR) is 77.0 cm³/mol. The standard InChI is InChI=1S/C15H23FN2O2/c1-10(12-9-11(16)5-6-13(12)19)17-8-7-14(20)18-15(2,3)4/h5-6,9-10,17,19H,7-8H2,1-4H3,(H,18,20). The van der Waals surface area contributed by atoms with Crippen LogP contribution in [0.25, 0.3) is 0 Å². The van der Waals surface area contributed by atoms with Crippen molar-refractivity contribution in [1.29, 1.82) is 0 Å². The van der Waals surface area contributed by atoms with E-state index in [0.717, 1.165) is 0 Å². The van der Waals surface area contributed by atoms with Gasteiger partial charge in [-0.25, -0.2) is 4.39 Å². The van der Waals surface area contributed by atoms with Crippen LogP contribution in [-0.4, -0.2) is 23.1 Å². The molecule has 5 heteroatoms. The Balaban J connectivity index is 2.46. The first-order valence-corrected chi connectivity index (χ1v) is 6.72. The van der Waals surface area contributed by atoms with Crippen LogP contribution in [0.5, 0.6) is 5.75 Å². The zero-order valence-corrected chi connectivity index (χ0v) is 12.5. The number of phenols is 1. The Labute approximate surface area is 119 Å². The van der Waals surface area contributed by atoms with Gasteiger partial charge in [-0.15, -0.1) is 0 Å². The molecular formula is C15H23FN2O2. The van der Waals surface area contributed by atoms with Crippen molar-refractivity contribution < 1.29 is 14.3 Å². The molecule has 0 bridgehead atoms. The summed E-state index contributed by atoms with van der Waals surface area (Å²) in [4.78, 5) is 11.6. The lowest BCUT2D eigenvalue weighted by Crippen LogP contribution is -2.41. The lowest BCUT2D eigenvalue weighted by atomic mass is 10.1. The van der Waals surface area contributed by atoms with Gasteiger partial charge in [0.2, 0.25) is 5.91 Å². The number of hydrogen-bond donors (Lipinski definition) is 3. The van der Waals surface area contributed by atoms with Gasteiger partial charge in [0.1, 0.15) is 11.6 Å². The van der Waals surface area contributed by atoms with Crippen molar-refractivity contribution in [2.75, 3.05) is 6.54 Å². The van der Waals surface area contributed by atoms with E-state index in [4.69, 9.17) is 0 Å². The molecule has 0 radical (unpaired) electrons. The number of aromatic hydroxyl groups is 1. The third-order valence-electron chi connectivity index (χ3n) is 2.77. The van der Waals surface area contributed by atoms with Crippen LogP contribution in [0.4, 0.5) is 4.39 Å². The fraction of sp³-hybridized carbons (Fsp3) is 0.533. The first-order chi connectivity index (χ1) is 9.19. The topological polar surface area (TPSA) is 61.4 Å². The van der Waals surface area contributed by atoms with Crippen LogP contribution in [0.15, 0.2) is 18.2 Å². The maximum atomic E-state index is 13.1. The highest BCUT2D eigenvalue weighted by Crippen LogP contribution is 2.24. The van der Waals surface area contributed by atoms with Crippen molar-refractivity contribution in [1.82, 2.24) is 10.6 Å². The van der Waals surface area contributed by atoms with Gasteiger partial charge in [0, 0.05) is 30.1 Å². The smallest absolute Gasteiger partial charge is 0.221 e. The van der Waals surface area contributed by atoms with Crippen molar-refractivity contribution in [3.63, 3.8) is 0 Å². The molecule has 0 aliphatic rings. The number of hydrogen-bond acceptors (Lipinski definition) is 3. The molecule has 0 saturated heterocycles. The van der Waals surface area contributed by atoms with E-state index in [2.05, 4.69) is 10.6 Å². The van der Waals surface area contributed by atoms with E-state index in [-0.39, 0.29) is 23.2 Å². The molecule has 4 nitrogen and oxygen atoms in total. The monoisotopic (exact) mass is 282 g/mol. The van der Waals surface area contributed by atoms with Gasteiger partial charge in [-0.1, -0.05) is 0 Å². The molecule has 20 heavy (non-hydrogen) atoms. The van der Waals surface area contributed by atoms with Crippen LogP contribution in [0.2, 0.25) is 0 Å². The second-order valence-electron chi connectivity index (χ2n) is 5.93. The fourth-order valence-corrected chi connectivity index (χ4v) is 1.87. The average molecular weight is 282 g/mol. The van der Waals surface area contributed by atoms with Crippen molar-refractivity contribution in [3.8, 4) is 5.75 Å². The summed E-state index contributed by atoms with van der Waals surface area (Å²) in [6, 6.07) is 3.60. The van der Waals surface area contributed by atoms with Gasteiger partial charge in [-0.05, 0) is 45.9 Å². The van der Waals surface area contributed by atoms with Crippen molar-refractivity contribution in [2.24, 2.45) is 0 Å². The predicted octanol–water partition coefficient (Wildman–Crippen LogP) is 2.49. The van der Waals surface area contributed by atoms with Crippen LogP contribution >= 0.6 is 0 Å². The summed E-state index contributed by atoms with van der Waals surface area (Å²) in [6.45, 7) is 8.04. The molecule has 0 spiro atoms. The normalized spacial score (nSPS) is 13.1. The van der Waals surface area contributed by atoms with Gasteiger partial charge in [0.15, 0.2) is 0 Å². The van der Waals surface area contributed by atoms with E-state index in [1.165, 1.54) is 18.2 Å². The molecule has 1 rings (SSSR count). The average Bonchev–Trinajstić information content (AvgIpc) is 2.29. The number of halogens is 1. The molecule has 0 saturated carbocycles. The van der Waals surface area contributed by atoms with Crippen molar-refractivity contribution >= 4 is 5.91 Å². The molecule has 3 N–H and O–H groups in total. The van der Waals surface area contributed by atoms with Gasteiger partial charge in [-0.3, -0.25) is 4.79 Å². The molecule has 0 fully saturated rings. The third kappa shape index (κ3) is 5.57. The molecule has 1 amide bonds. The maximum absolute atomic E-state index is 13.1. The van der Waals surface area contributed by atoms with Crippen LogP contribution in [0.1, 0.15) is 45.7 Å². The van der Waals surface area contributed by atoms with Gasteiger partial charge >= 0.3 is 0 Å². The lowest BCUT2D eigenvalue weighted by molar-refractivity contribution is -0.122. The van der Waals surface area contributed by atoms with Crippen molar-refractivity contribution in [2.45, 2.75) is 45.7 Å². The van der Waals surface area contributed by atoms with Gasteiger partial charge in [0.05, 0.1) is 0 Å². The number of amides is 1. The molecule has 1 aromatic carbocycles. The summed E-state index contributed by atoms with van der Waals surface area (Å²) in [5.41, 5.74) is 0.241. The summed E-state index contributed by atoms with van der Waals surface area (Å²) < 4.78 is 13.1. The molecule has 0 aromatic heterocycles. The second-order valence-corrected chi connectivity index (χ2v) is 5.93. The molecule has 0 heterocycles. The number of nitrogens with one attached hydrogen (secondary N) is 2. The van der Waals surface area contributed by atoms with E-state index < -0.39 is 5.82 Å². The van der Waals surface area contributed by atoms with Crippen LogP contribution in [0.3, 0.4) is 0 Å². The van der Waals surface area contributed by atoms with Crippen LogP contribution < -0.4 is 10.6 Å². The van der Waals surface area contributed by atoms with Gasteiger partial charge in [0.25, 0.3) is 0 Å².